The molecule has 1 atom stereocenters. The molecule has 2 aromatic heterocycles. The molecule has 2 N–H and O–H groups in total. The van der Waals surface area contributed by atoms with E-state index < -0.39 is 0 Å². The molecule has 1 aliphatic rings. The second-order valence-corrected chi connectivity index (χ2v) is 5.68. The quantitative estimate of drug-likeness (QED) is 0.866. The van der Waals surface area contributed by atoms with Crippen LogP contribution in [0.5, 0.6) is 0 Å². The SMILES string of the molecule is CCc1ncc(C(=O)N[C@H](c2nc(C)no2)C2CCOCC2)[nH]1. The van der Waals surface area contributed by atoms with Gasteiger partial charge in [-0.25, -0.2) is 4.98 Å². The third-order valence-electron chi connectivity index (χ3n) is 4.04. The van der Waals surface area contributed by atoms with Crippen molar-refractivity contribution in [1.29, 1.82) is 0 Å². The summed E-state index contributed by atoms with van der Waals surface area (Å²) >= 11 is 0. The van der Waals surface area contributed by atoms with Gasteiger partial charge in [-0.2, -0.15) is 4.98 Å². The zero-order valence-electron chi connectivity index (χ0n) is 13.3. The van der Waals surface area contributed by atoms with Crippen LogP contribution in [0.2, 0.25) is 0 Å². The number of nitrogens with zero attached hydrogens (tertiary/aromatic N) is 3. The molecule has 1 amide bonds. The van der Waals surface area contributed by atoms with Crippen molar-refractivity contribution in [3.8, 4) is 0 Å². The van der Waals surface area contributed by atoms with Crippen LogP contribution in [-0.4, -0.2) is 39.2 Å². The first kappa shape index (κ1) is 15.7. The smallest absolute Gasteiger partial charge is 0.270 e. The number of rotatable bonds is 5. The van der Waals surface area contributed by atoms with Gasteiger partial charge >= 0.3 is 0 Å². The largest absolute Gasteiger partial charge is 0.381 e. The van der Waals surface area contributed by atoms with Crippen LogP contribution in [0.25, 0.3) is 0 Å². The molecule has 1 aliphatic heterocycles. The average Bonchev–Trinajstić information content (AvgIpc) is 3.22. The number of aryl methyl sites for hydroxylation is 2. The lowest BCUT2D eigenvalue weighted by Gasteiger charge is -2.28. The van der Waals surface area contributed by atoms with Crippen LogP contribution >= 0.6 is 0 Å². The maximum atomic E-state index is 12.5. The minimum atomic E-state index is -0.319. The summed E-state index contributed by atoms with van der Waals surface area (Å²) in [5.41, 5.74) is 0.440. The molecule has 0 aromatic carbocycles. The van der Waals surface area contributed by atoms with Crippen molar-refractivity contribution < 1.29 is 14.1 Å². The van der Waals surface area contributed by atoms with E-state index in [1.807, 2.05) is 6.92 Å². The predicted octanol–water partition coefficient (Wildman–Crippen LogP) is 1.56. The van der Waals surface area contributed by atoms with E-state index in [2.05, 4.69) is 25.4 Å². The van der Waals surface area contributed by atoms with Crippen LogP contribution in [0.1, 0.15) is 53.8 Å². The average molecular weight is 319 g/mol. The van der Waals surface area contributed by atoms with Gasteiger partial charge in [0.25, 0.3) is 5.91 Å². The molecule has 1 saturated heterocycles. The number of H-pyrrole nitrogens is 1. The third-order valence-corrected chi connectivity index (χ3v) is 4.04. The summed E-state index contributed by atoms with van der Waals surface area (Å²) in [6, 6.07) is -0.319. The van der Waals surface area contributed by atoms with Gasteiger partial charge in [-0.15, -0.1) is 0 Å². The fraction of sp³-hybridized carbons (Fsp3) is 0.600. The van der Waals surface area contributed by atoms with Gasteiger partial charge in [0, 0.05) is 19.6 Å². The Morgan fingerprint density at radius 1 is 1.48 bits per heavy atom. The highest BCUT2D eigenvalue weighted by atomic mass is 16.5. The molecule has 124 valence electrons. The molecule has 2 aromatic rings. The number of nitrogens with one attached hydrogen (secondary N) is 2. The zero-order valence-corrected chi connectivity index (χ0v) is 13.3. The van der Waals surface area contributed by atoms with Crippen molar-refractivity contribution in [2.24, 2.45) is 5.92 Å². The molecule has 8 heteroatoms. The normalized spacial score (nSPS) is 17.1. The molecular weight excluding hydrogens is 298 g/mol. The van der Waals surface area contributed by atoms with Gasteiger partial charge in [-0.05, 0) is 25.7 Å². The number of aromatic amines is 1. The van der Waals surface area contributed by atoms with Gasteiger partial charge in [0.1, 0.15) is 17.6 Å². The Hall–Kier alpha value is -2.22. The molecular formula is C15H21N5O3. The Labute approximate surface area is 134 Å². The fourth-order valence-electron chi connectivity index (χ4n) is 2.75. The van der Waals surface area contributed by atoms with Gasteiger partial charge < -0.3 is 19.6 Å². The molecule has 0 aliphatic carbocycles. The molecule has 0 spiro atoms. The Kier molecular flexibility index (Phi) is 4.71. The van der Waals surface area contributed by atoms with Crippen molar-refractivity contribution in [2.45, 2.75) is 39.2 Å². The number of carbonyl (C=O) groups excluding carboxylic acids is 1. The predicted molar refractivity (Wildman–Crippen MR) is 80.8 cm³/mol. The number of imidazole rings is 1. The molecule has 8 nitrogen and oxygen atoms in total. The van der Waals surface area contributed by atoms with Crippen molar-refractivity contribution in [3.05, 3.63) is 29.4 Å². The number of hydrogen-bond donors (Lipinski definition) is 2. The summed E-state index contributed by atoms with van der Waals surface area (Å²) in [7, 11) is 0. The minimum absolute atomic E-state index is 0.209. The summed E-state index contributed by atoms with van der Waals surface area (Å²) in [4.78, 5) is 24.0. The number of carbonyl (C=O) groups is 1. The first-order chi connectivity index (χ1) is 11.2. The van der Waals surface area contributed by atoms with Crippen LogP contribution < -0.4 is 5.32 Å². The Morgan fingerprint density at radius 3 is 2.87 bits per heavy atom. The van der Waals surface area contributed by atoms with E-state index in [1.54, 1.807) is 13.1 Å². The Bertz CT molecular complexity index is 660. The van der Waals surface area contributed by atoms with Crippen molar-refractivity contribution in [3.63, 3.8) is 0 Å². The van der Waals surface area contributed by atoms with E-state index in [1.165, 1.54) is 0 Å². The standard InChI is InChI=1S/C15H21N5O3/c1-3-12-16-8-11(18-12)14(21)19-13(10-4-6-22-7-5-10)15-17-9(2)20-23-15/h8,10,13H,3-7H2,1-2H3,(H,16,18)(H,19,21)/t13-/m0/s1. The highest BCUT2D eigenvalue weighted by Crippen LogP contribution is 2.29. The minimum Gasteiger partial charge on any atom is -0.381 e. The third kappa shape index (κ3) is 3.58. The van der Waals surface area contributed by atoms with E-state index in [0.29, 0.717) is 30.6 Å². The summed E-state index contributed by atoms with van der Waals surface area (Å²) in [6.45, 7) is 5.09. The maximum Gasteiger partial charge on any atom is 0.270 e. The van der Waals surface area contributed by atoms with Gasteiger partial charge in [0.2, 0.25) is 5.89 Å². The van der Waals surface area contributed by atoms with Crippen molar-refractivity contribution >= 4 is 5.91 Å². The first-order valence-corrected chi connectivity index (χ1v) is 7.90. The molecule has 0 radical (unpaired) electrons. The van der Waals surface area contributed by atoms with Crippen LogP contribution in [0.15, 0.2) is 10.7 Å². The van der Waals surface area contributed by atoms with Crippen molar-refractivity contribution in [2.75, 3.05) is 13.2 Å². The van der Waals surface area contributed by atoms with Crippen molar-refractivity contribution in [1.82, 2.24) is 25.4 Å². The second kappa shape index (κ2) is 6.91. The molecule has 1 fully saturated rings. The second-order valence-electron chi connectivity index (χ2n) is 5.68. The highest BCUT2D eigenvalue weighted by molar-refractivity contribution is 5.92. The number of aromatic nitrogens is 4. The zero-order chi connectivity index (χ0) is 16.2. The van der Waals surface area contributed by atoms with Gasteiger partial charge in [0.05, 0.1) is 6.20 Å². The lowest BCUT2D eigenvalue weighted by Crippen LogP contribution is -2.36. The molecule has 0 unspecified atom stereocenters. The summed E-state index contributed by atoms with van der Waals surface area (Å²) in [5.74, 6) is 1.77. The van der Waals surface area contributed by atoms with E-state index >= 15 is 0 Å². The highest BCUT2D eigenvalue weighted by Gasteiger charge is 2.31. The Balaban J connectivity index is 1.78. The summed E-state index contributed by atoms with van der Waals surface area (Å²) in [6.07, 6.45) is 3.99. The van der Waals surface area contributed by atoms with Crippen LogP contribution in [0.3, 0.4) is 0 Å². The number of amides is 1. The topological polar surface area (TPSA) is 106 Å². The first-order valence-electron chi connectivity index (χ1n) is 7.90. The van der Waals surface area contributed by atoms with E-state index in [4.69, 9.17) is 9.26 Å². The summed E-state index contributed by atoms with van der Waals surface area (Å²) in [5, 5.41) is 6.85. The van der Waals surface area contributed by atoms with Crippen LogP contribution in [0, 0.1) is 12.8 Å². The maximum absolute atomic E-state index is 12.5. The number of hydrogen-bond acceptors (Lipinski definition) is 6. The van der Waals surface area contributed by atoms with Crippen LogP contribution in [-0.2, 0) is 11.2 Å². The molecule has 3 rings (SSSR count). The lowest BCUT2D eigenvalue weighted by molar-refractivity contribution is 0.0467. The molecule has 3 heterocycles. The molecule has 0 bridgehead atoms. The van der Waals surface area contributed by atoms with Gasteiger partial charge in [-0.3, -0.25) is 4.79 Å². The van der Waals surface area contributed by atoms with Gasteiger partial charge in [-0.1, -0.05) is 12.1 Å². The molecule has 23 heavy (non-hydrogen) atoms. The number of ether oxygens (including phenoxy) is 1. The van der Waals surface area contributed by atoms with E-state index in [9.17, 15) is 4.79 Å². The van der Waals surface area contributed by atoms with E-state index in [0.717, 1.165) is 25.1 Å². The fourth-order valence-corrected chi connectivity index (χ4v) is 2.75. The molecule has 0 saturated carbocycles. The monoisotopic (exact) mass is 319 g/mol. The van der Waals surface area contributed by atoms with Gasteiger partial charge in [0.15, 0.2) is 5.82 Å². The summed E-state index contributed by atoms with van der Waals surface area (Å²) < 4.78 is 10.7. The van der Waals surface area contributed by atoms with Crippen LogP contribution in [0.4, 0.5) is 0 Å². The lowest BCUT2D eigenvalue weighted by atomic mass is 9.91. The van der Waals surface area contributed by atoms with E-state index in [-0.39, 0.29) is 17.9 Å². The Morgan fingerprint density at radius 2 is 2.26 bits per heavy atom.